The molecule has 0 aliphatic heterocycles. The van der Waals surface area contributed by atoms with E-state index >= 15 is 0 Å². The molecule has 1 aliphatic carbocycles. The summed E-state index contributed by atoms with van der Waals surface area (Å²) in [7, 11) is 0. The van der Waals surface area contributed by atoms with Gasteiger partial charge in [-0.15, -0.1) is 0 Å². The Kier molecular flexibility index (Phi) is 3.24. The van der Waals surface area contributed by atoms with Crippen LogP contribution in [0.4, 0.5) is 5.82 Å². The Morgan fingerprint density at radius 3 is 2.73 bits per heavy atom. The standard InChI is InChI=1S/C11H16BrN3/c1-3-6-13-11-9(12)7(2)14-10(15-11)8-4-5-8/h8H,3-6H2,1-2H3,(H,13,14,15). The summed E-state index contributed by atoms with van der Waals surface area (Å²) in [6.07, 6.45) is 3.59. The fraction of sp³-hybridized carbons (Fsp3) is 0.636. The van der Waals surface area contributed by atoms with Crippen LogP contribution in [0.15, 0.2) is 4.47 Å². The lowest BCUT2D eigenvalue weighted by Gasteiger charge is -2.10. The molecule has 1 aliphatic rings. The summed E-state index contributed by atoms with van der Waals surface area (Å²) >= 11 is 3.53. The number of nitrogens with zero attached hydrogens (tertiary/aromatic N) is 2. The van der Waals surface area contributed by atoms with E-state index in [1.165, 1.54) is 12.8 Å². The molecule has 3 nitrogen and oxygen atoms in total. The molecule has 0 amide bonds. The molecule has 1 aromatic rings. The van der Waals surface area contributed by atoms with Crippen LogP contribution in [0.2, 0.25) is 0 Å². The van der Waals surface area contributed by atoms with E-state index in [0.717, 1.165) is 34.8 Å². The third kappa shape index (κ3) is 2.48. The van der Waals surface area contributed by atoms with Gasteiger partial charge in [-0.05, 0) is 42.1 Å². The molecule has 0 aromatic carbocycles. The van der Waals surface area contributed by atoms with E-state index in [2.05, 4.69) is 38.1 Å². The lowest BCUT2D eigenvalue weighted by Crippen LogP contribution is -2.07. The summed E-state index contributed by atoms with van der Waals surface area (Å²) in [6, 6.07) is 0. The molecule has 82 valence electrons. The van der Waals surface area contributed by atoms with E-state index < -0.39 is 0 Å². The van der Waals surface area contributed by atoms with Gasteiger partial charge in [0.15, 0.2) is 0 Å². The van der Waals surface area contributed by atoms with E-state index in [4.69, 9.17) is 0 Å². The molecule has 1 N–H and O–H groups in total. The third-order valence-corrected chi connectivity index (χ3v) is 3.47. The Hall–Kier alpha value is -0.640. The highest BCUT2D eigenvalue weighted by atomic mass is 79.9. The van der Waals surface area contributed by atoms with Gasteiger partial charge in [0, 0.05) is 12.5 Å². The van der Waals surface area contributed by atoms with Gasteiger partial charge in [0.1, 0.15) is 11.6 Å². The van der Waals surface area contributed by atoms with Crippen molar-refractivity contribution in [2.24, 2.45) is 0 Å². The number of anilines is 1. The van der Waals surface area contributed by atoms with Crippen molar-refractivity contribution in [3.63, 3.8) is 0 Å². The molecule has 1 saturated carbocycles. The van der Waals surface area contributed by atoms with E-state index in [-0.39, 0.29) is 0 Å². The number of rotatable bonds is 4. The fourth-order valence-corrected chi connectivity index (χ4v) is 1.78. The highest BCUT2D eigenvalue weighted by Gasteiger charge is 2.27. The average molecular weight is 270 g/mol. The van der Waals surface area contributed by atoms with Crippen molar-refractivity contribution in [2.75, 3.05) is 11.9 Å². The maximum atomic E-state index is 4.56. The third-order valence-electron chi connectivity index (χ3n) is 2.52. The van der Waals surface area contributed by atoms with Gasteiger partial charge >= 0.3 is 0 Å². The minimum atomic E-state index is 0.610. The predicted octanol–water partition coefficient (Wildman–Crippen LogP) is 3.25. The number of hydrogen-bond acceptors (Lipinski definition) is 3. The molecule has 0 bridgehead atoms. The Balaban J connectivity index is 2.25. The molecular weight excluding hydrogens is 254 g/mol. The smallest absolute Gasteiger partial charge is 0.144 e. The number of halogens is 1. The van der Waals surface area contributed by atoms with Crippen LogP contribution in [0.5, 0.6) is 0 Å². The van der Waals surface area contributed by atoms with Crippen molar-refractivity contribution >= 4 is 21.7 Å². The van der Waals surface area contributed by atoms with Crippen LogP contribution in [0.1, 0.15) is 43.6 Å². The van der Waals surface area contributed by atoms with Gasteiger partial charge in [0.05, 0.1) is 10.2 Å². The van der Waals surface area contributed by atoms with Crippen LogP contribution in [0.25, 0.3) is 0 Å². The molecule has 0 atom stereocenters. The second kappa shape index (κ2) is 4.47. The van der Waals surface area contributed by atoms with Crippen molar-refractivity contribution in [1.29, 1.82) is 0 Å². The van der Waals surface area contributed by atoms with E-state index in [0.29, 0.717) is 5.92 Å². The number of aromatic nitrogens is 2. The van der Waals surface area contributed by atoms with Gasteiger partial charge in [-0.1, -0.05) is 6.92 Å². The summed E-state index contributed by atoms with van der Waals surface area (Å²) in [5, 5.41) is 3.33. The van der Waals surface area contributed by atoms with Crippen LogP contribution in [0.3, 0.4) is 0 Å². The lowest BCUT2D eigenvalue weighted by molar-refractivity contribution is 0.886. The van der Waals surface area contributed by atoms with Gasteiger partial charge in [-0.2, -0.15) is 0 Å². The zero-order valence-electron chi connectivity index (χ0n) is 9.18. The largest absolute Gasteiger partial charge is 0.369 e. The van der Waals surface area contributed by atoms with Gasteiger partial charge < -0.3 is 5.32 Å². The Labute approximate surface area is 98.8 Å². The monoisotopic (exact) mass is 269 g/mol. The maximum absolute atomic E-state index is 4.56. The molecular formula is C11H16BrN3. The zero-order chi connectivity index (χ0) is 10.8. The van der Waals surface area contributed by atoms with Crippen LogP contribution in [-0.2, 0) is 0 Å². The van der Waals surface area contributed by atoms with Crippen molar-refractivity contribution in [3.8, 4) is 0 Å². The van der Waals surface area contributed by atoms with E-state index in [1.54, 1.807) is 0 Å². The molecule has 1 aromatic heterocycles. The first kappa shape index (κ1) is 10.9. The summed E-state index contributed by atoms with van der Waals surface area (Å²) < 4.78 is 1.00. The summed E-state index contributed by atoms with van der Waals surface area (Å²) in [6.45, 7) is 5.13. The highest BCUT2D eigenvalue weighted by molar-refractivity contribution is 9.10. The molecule has 0 spiro atoms. The normalized spacial score (nSPS) is 15.4. The van der Waals surface area contributed by atoms with Gasteiger partial charge in [-0.25, -0.2) is 9.97 Å². The number of nitrogens with one attached hydrogen (secondary N) is 1. The van der Waals surface area contributed by atoms with Crippen molar-refractivity contribution < 1.29 is 0 Å². The second-order valence-electron chi connectivity index (χ2n) is 4.03. The fourth-order valence-electron chi connectivity index (χ4n) is 1.47. The minimum Gasteiger partial charge on any atom is -0.369 e. The first-order valence-electron chi connectivity index (χ1n) is 5.50. The van der Waals surface area contributed by atoms with Crippen molar-refractivity contribution in [3.05, 3.63) is 16.0 Å². The Bertz CT molecular complexity index is 361. The Morgan fingerprint density at radius 2 is 2.13 bits per heavy atom. The topological polar surface area (TPSA) is 37.8 Å². The molecule has 15 heavy (non-hydrogen) atoms. The summed E-state index contributed by atoms with van der Waals surface area (Å²) in [4.78, 5) is 9.07. The maximum Gasteiger partial charge on any atom is 0.144 e. The summed E-state index contributed by atoms with van der Waals surface area (Å²) in [5.41, 5.74) is 1.03. The first-order chi connectivity index (χ1) is 7.22. The van der Waals surface area contributed by atoms with E-state index in [9.17, 15) is 0 Å². The van der Waals surface area contributed by atoms with Crippen molar-refractivity contribution in [1.82, 2.24) is 9.97 Å². The molecule has 1 fully saturated rings. The lowest BCUT2D eigenvalue weighted by atomic mass is 10.3. The zero-order valence-corrected chi connectivity index (χ0v) is 10.8. The first-order valence-corrected chi connectivity index (χ1v) is 6.29. The predicted molar refractivity (Wildman–Crippen MR) is 65.2 cm³/mol. The summed E-state index contributed by atoms with van der Waals surface area (Å²) in [5.74, 6) is 2.57. The SMILES string of the molecule is CCCNc1nc(C2CC2)nc(C)c1Br. The molecule has 0 radical (unpaired) electrons. The minimum absolute atomic E-state index is 0.610. The second-order valence-corrected chi connectivity index (χ2v) is 4.82. The molecule has 1 heterocycles. The van der Waals surface area contributed by atoms with Crippen LogP contribution in [0, 0.1) is 6.92 Å². The van der Waals surface area contributed by atoms with Gasteiger partial charge in [0.2, 0.25) is 0 Å². The van der Waals surface area contributed by atoms with Crippen LogP contribution < -0.4 is 5.32 Å². The van der Waals surface area contributed by atoms with E-state index in [1.807, 2.05) is 6.92 Å². The van der Waals surface area contributed by atoms with Crippen LogP contribution in [-0.4, -0.2) is 16.5 Å². The molecule has 4 heteroatoms. The number of hydrogen-bond donors (Lipinski definition) is 1. The number of aryl methyl sites for hydroxylation is 1. The van der Waals surface area contributed by atoms with Crippen LogP contribution >= 0.6 is 15.9 Å². The quantitative estimate of drug-likeness (QED) is 0.912. The Morgan fingerprint density at radius 1 is 1.40 bits per heavy atom. The van der Waals surface area contributed by atoms with Crippen molar-refractivity contribution in [2.45, 2.75) is 39.0 Å². The molecule has 2 rings (SSSR count). The molecule has 0 unspecified atom stereocenters. The van der Waals surface area contributed by atoms with Gasteiger partial charge in [0.25, 0.3) is 0 Å². The van der Waals surface area contributed by atoms with Gasteiger partial charge in [-0.3, -0.25) is 0 Å². The average Bonchev–Trinajstić information content (AvgIpc) is 3.03. The molecule has 0 saturated heterocycles. The highest BCUT2D eigenvalue weighted by Crippen LogP contribution is 2.39.